The summed E-state index contributed by atoms with van der Waals surface area (Å²) >= 11 is 0. The quantitative estimate of drug-likeness (QED) is 0.749. The van der Waals surface area contributed by atoms with Gasteiger partial charge in [0.2, 0.25) is 5.91 Å². The van der Waals surface area contributed by atoms with Crippen LogP contribution in [0.25, 0.3) is 0 Å². The van der Waals surface area contributed by atoms with Crippen molar-refractivity contribution in [1.29, 1.82) is 5.26 Å². The normalized spacial score (nSPS) is 13.0. The molecule has 0 aromatic heterocycles. The summed E-state index contributed by atoms with van der Waals surface area (Å²) in [5.74, 6) is -0.679. The number of aryl methyl sites for hydroxylation is 1. The first-order chi connectivity index (χ1) is 11.0. The molecule has 1 aliphatic rings. The van der Waals surface area contributed by atoms with E-state index in [-0.39, 0.29) is 30.7 Å². The van der Waals surface area contributed by atoms with Crippen molar-refractivity contribution in [2.45, 2.75) is 26.2 Å². The monoisotopic (exact) mass is 313 g/mol. The topological polar surface area (TPSA) is 81.5 Å². The van der Waals surface area contributed by atoms with Crippen molar-refractivity contribution in [1.82, 2.24) is 9.80 Å². The molecule has 6 nitrogen and oxygen atoms in total. The number of rotatable bonds is 6. The molecular weight excluding hydrogens is 294 g/mol. The Kier molecular flexibility index (Phi) is 5.12. The van der Waals surface area contributed by atoms with E-state index < -0.39 is 0 Å². The van der Waals surface area contributed by atoms with E-state index in [2.05, 4.69) is 0 Å². The lowest BCUT2D eigenvalue weighted by Crippen LogP contribution is -2.32. The molecule has 1 heterocycles. The molecule has 0 unspecified atom stereocenters. The second-order valence-electron chi connectivity index (χ2n) is 5.64. The number of fused-ring (bicyclic) bond motifs is 1. The molecule has 0 atom stereocenters. The van der Waals surface area contributed by atoms with Gasteiger partial charge in [-0.2, -0.15) is 5.26 Å². The van der Waals surface area contributed by atoms with E-state index in [1.54, 1.807) is 25.2 Å². The summed E-state index contributed by atoms with van der Waals surface area (Å²) in [4.78, 5) is 39.1. The summed E-state index contributed by atoms with van der Waals surface area (Å²) in [6, 6.07) is 7.19. The van der Waals surface area contributed by atoms with E-state index in [1.807, 2.05) is 13.0 Å². The molecule has 0 bridgehead atoms. The Hall–Kier alpha value is -2.68. The molecule has 120 valence electrons. The summed E-state index contributed by atoms with van der Waals surface area (Å²) in [6.45, 7) is 2.49. The van der Waals surface area contributed by atoms with E-state index >= 15 is 0 Å². The van der Waals surface area contributed by atoms with Crippen LogP contribution in [0.5, 0.6) is 0 Å². The Morgan fingerprint density at radius 3 is 2.65 bits per heavy atom. The number of hydrogen-bond acceptors (Lipinski definition) is 4. The standard InChI is InChI=1S/C17H19N3O3/c1-12-6-7-13-14(11-12)17(23)20(16(13)22)10-3-5-15(21)19(2)9-4-8-18/h6-7,11H,3-5,9-10H2,1-2H3. The van der Waals surface area contributed by atoms with E-state index in [1.165, 1.54) is 9.80 Å². The van der Waals surface area contributed by atoms with Crippen molar-refractivity contribution in [3.05, 3.63) is 34.9 Å². The first kappa shape index (κ1) is 16.7. The lowest BCUT2D eigenvalue weighted by Gasteiger charge is -2.17. The highest BCUT2D eigenvalue weighted by Gasteiger charge is 2.34. The van der Waals surface area contributed by atoms with Gasteiger partial charge in [-0.15, -0.1) is 0 Å². The van der Waals surface area contributed by atoms with E-state index in [4.69, 9.17) is 5.26 Å². The molecule has 0 saturated heterocycles. The summed E-state index contributed by atoms with van der Waals surface area (Å²) in [5.41, 5.74) is 1.80. The second kappa shape index (κ2) is 7.05. The van der Waals surface area contributed by atoms with Gasteiger partial charge < -0.3 is 4.90 Å². The zero-order chi connectivity index (χ0) is 17.0. The zero-order valence-corrected chi connectivity index (χ0v) is 13.3. The van der Waals surface area contributed by atoms with Gasteiger partial charge in [-0.25, -0.2) is 0 Å². The lowest BCUT2D eigenvalue weighted by atomic mass is 10.1. The highest BCUT2D eigenvalue weighted by atomic mass is 16.2. The molecular formula is C17H19N3O3. The summed E-state index contributed by atoms with van der Waals surface area (Å²) in [5, 5.41) is 8.51. The number of imide groups is 1. The second-order valence-corrected chi connectivity index (χ2v) is 5.64. The molecule has 1 aromatic carbocycles. The molecule has 1 aromatic rings. The Morgan fingerprint density at radius 2 is 1.96 bits per heavy atom. The van der Waals surface area contributed by atoms with Crippen LogP contribution < -0.4 is 0 Å². The Morgan fingerprint density at radius 1 is 1.26 bits per heavy atom. The van der Waals surface area contributed by atoms with Crippen molar-refractivity contribution in [2.75, 3.05) is 20.1 Å². The molecule has 0 saturated carbocycles. The summed E-state index contributed by atoms with van der Waals surface area (Å²) in [7, 11) is 1.64. The number of benzene rings is 1. The van der Waals surface area contributed by atoms with Crippen LogP contribution in [0.4, 0.5) is 0 Å². The minimum Gasteiger partial charge on any atom is -0.345 e. The highest BCUT2D eigenvalue weighted by Crippen LogP contribution is 2.24. The maximum Gasteiger partial charge on any atom is 0.261 e. The van der Waals surface area contributed by atoms with E-state index in [0.717, 1.165) is 5.56 Å². The van der Waals surface area contributed by atoms with Crippen molar-refractivity contribution in [3.63, 3.8) is 0 Å². The fourth-order valence-corrected chi connectivity index (χ4v) is 2.53. The molecule has 1 aliphatic heterocycles. The Labute approximate surface area is 135 Å². The van der Waals surface area contributed by atoms with Crippen LogP contribution in [-0.2, 0) is 4.79 Å². The third kappa shape index (κ3) is 3.57. The third-order valence-electron chi connectivity index (χ3n) is 3.88. The van der Waals surface area contributed by atoms with E-state index in [9.17, 15) is 14.4 Å². The van der Waals surface area contributed by atoms with Gasteiger partial charge in [0.05, 0.1) is 23.6 Å². The van der Waals surface area contributed by atoms with Crippen LogP contribution in [0, 0.1) is 18.3 Å². The molecule has 23 heavy (non-hydrogen) atoms. The number of carbonyl (C=O) groups is 3. The maximum atomic E-state index is 12.3. The van der Waals surface area contributed by atoms with Crippen molar-refractivity contribution in [2.24, 2.45) is 0 Å². The first-order valence-corrected chi connectivity index (χ1v) is 7.53. The predicted molar refractivity (Wildman–Crippen MR) is 83.6 cm³/mol. The average Bonchev–Trinajstić information content (AvgIpc) is 2.76. The summed E-state index contributed by atoms with van der Waals surface area (Å²) < 4.78 is 0. The average molecular weight is 313 g/mol. The van der Waals surface area contributed by atoms with Crippen LogP contribution in [-0.4, -0.2) is 47.7 Å². The van der Waals surface area contributed by atoms with Crippen LogP contribution in [0.15, 0.2) is 18.2 Å². The van der Waals surface area contributed by atoms with Crippen LogP contribution >= 0.6 is 0 Å². The van der Waals surface area contributed by atoms with Crippen LogP contribution in [0.2, 0.25) is 0 Å². The number of nitriles is 1. The van der Waals surface area contributed by atoms with Gasteiger partial charge in [-0.05, 0) is 25.5 Å². The van der Waals surface area contributed by atoms with Crippen LogP contribution in [0.1, 0.15) is 45.5 Å². The highest BCUT2D eigenvalue weighted by molar-refractivity contribution is 6.21. The number of nitrogens with zero attached hydrogens (tertiary/aromatic N) is 3. The molecule has 0 fully saturated rings. The number of carbonyl (C=O) groups excluding carboxylic acids is 3. The van der Waals surface area contributed by atoms with Gasteiger partial charge in [0.1, 0.15) is 0 Å². The third-order valence-corrected chi connectivity index (χ3v) is 3.88. The molecule has 6 heteroatoms. The number of hydrogen-bond donors (Lipinski definition) is 0. The SMILES string of the molecule is Cc1ccc2c(c1)C(=O)N(CCCC(=O)N(C)CCC#N)C2=O. The molecule has 0 spiro atoms. The van der Waals surface area contributed by atoms with Gasteiger partial charge in [0.15, 0.2) is 0 Å². The van der Waals surface area contributed by atoms with Gasteiger partial charge in [0, 0.05) is 26.6 Å². The zero-order valence-electron chi connectivity index (χ0n) is 13.3. The smallest absolute Gasteiger partial charge is 0.261 e. The summed E-state index contributed by atoms with van der Waals surface area (Å²) in [6.07, 6.45) is 0.953. The molecule has 2 rings (SSSR count). The van der Waals surface area contributed by atoms with Crippen molar-refractivity contribution < 1.29 is 14.4 Å². The largest absolute Gasteiger partial charge is 0.345 e. The van der Waals surface area contributed by atoms with Gasteiger partial charge in [-0.1, -0.05) is 11.6 Å². The van der Waals surface area contributed by atoms with Gasteiger partial charge in [0.25, 0.3) is 11.8 Å². The molecule has 0 N–H and O–H groups in total. The minimum absolute atomic E-state index is 0.0901. The first-order valence-electron chi connectivity index (χ1n) is 7.53. The van der Waals surface area contributed by atoms with Crippen molar-refractivity contribution >= 4 is 17.7 Å². The predicted octanol–water partition coefficient (Wildman–Crippen LogP) is 1.74. The van der Waals surface area contributed by atoms with E-state index in [0.29, 0.717) is 30.5 Å². The Bertz CT molecular complexity index is 691. The van der Waals surface area contributed by atoms with Gasteiger partial charge in [-0.3, -0.25) is 19.3 Å². The minimum atomic E-state index is -0.296. The molecule has 0 aliphatic carbocycles. The number of amides is 3. The fraction of sp³-hybridized carbons (Fsp3) is 0.412. The Balaban J connectivity index is 1.91. The molecule has 0 radical (unpaired) electrons. The van der Waals surface area contributed by atoms with Crippen LogP contribution in [0.3, 0.4) is 0 Å². The maximum absolute atomic E-state index is 12.3. The molecule has 3 amide bonds. The van der Waals surface area contributed by atoms with Gasteiger partial charge >= 0.3 is 0 Å². The van der Waals surface area contributed by atoms with Crippen molar-refractivity contribution in [3.8, 4) is 6.07 Å². The fourth-order valence-electron chi connectivity index (χ4n) is 2.53. The lowest BCUT2D eigenvalue weighted by molar-refractivity contribution is -0.130.